The molecule has 0 aliphatic rings. The zero-order valence-electron chi connectivity index (χ0n) is 12.0. The van der Waals surface area contributed by atoms with Crippen molar-refractivity contribution in [1.29, 1.82) is 0 Å². The van der Waals surface area contributed by atoms with E-state index in [4.69, 9.17) is 4.74 Å². The number of nitrogens with zero attached hydrogens (tertiary/aromatic N) is 1. The van der Waals surface area contributed by atoms with Crippen LogP contribution in [0.2, 0.25) is 0 Å². The molecule has 1 heterocycles. The van der Waals surface area contributed by atoms with Crippen molar-refractivity contribution in [3.05, 3.63) is 71.4 Å². The minimum atomic E-state index is -0.437. The van der Waals surface area contributed by atoms with Crippen LogP contribution in [0.5, 0.6) is 5.75 Å². The van der Waals surface area contributed by atoms with Crippen molar-refractivity contribution < 1.29 is 9.53 Å². The third-order valence-corrected chi connectivity index (χ3v) is 3.34. The number of para-hydroxylation sites is 1. The van der Waals surface area contributed by atoms with Gasteiger partial charge in [0.15, 0.2) is 0 Å². The highest BCUT2D eigenvalue weighted by molar-refractivity contribution is 5.92. The van der Waals surface area contributed by atoms with Crippen LogP contribution in [0.15, 0.2) is 54.6 Å². The van der Waals surface area contributed by atoms with Crippen molar-refractivity contribution in [3.63, 3.8) is 0 Å². The van der Waals surface area contributed by atoms with Crippen LogP contribution in [0.3, 0.4) is 0 Å². The summed E-state index contributed by atoms with van der Waals surface area (Å²) in [4.78, 5) is 16.6. The average molecular weight is 277 g/mol. The molecule has 0 atom stereocenters. The van der Waals surface area contributed by atoms with Gasteiger partial charge >= 0.3 is 5.97 Å². The Morgan fingerprint density at radius 2 is 1.81 bits per heavy atom. The molecule has 0 N–H and O–H groups in total. The summed E-state index contributed by atoms with van der Waals surface area (Å²) in [5.74, 6) is 0.133. The number of pyridine rings is 1. The zero-order valence-corrected chi connectivity index (χ0v) is 12.0. The smallest absolute Gasteiger partial charge is 0.362 e. The van der Waals surface area contributed by atoms with Crippen molar-refractivity contribution in [2.24, 2.45) is 0 Å². The molecule has 0 fully saturated rings. The molecule has 0 aliphatic carbocycles. The molecule has 0 aliphatic heterocycles. The molecule has 2 aromatic carbocycles. The zero-order chi connectivity index (χ0) is 14.8. The molecule has 0 amide bonds. The van der Waals surface area contributed by atoms with Crippen LogP contribution in [-0.2, 0) is 0 Å². The first-order valence-electron chi connectivity index (χ1n) is 6.79. The van der Waals surface area contributed by atoms with Crippen LogP contribution in [0.1, 0.15) is 21.6 Å². The highest BCUT2D eigenvalue weighted by atomic mass is 16.5. The van der Waals surface area contributed by atoms with Crippen molar-refractivity contribution in [2.45, 2.75) is 13.8 Å². The van der Waals surface area contributed by atoms with E-state index in [1.54, 1.807) is 6.07 Å². The van der Waals surface area contributed by atoms with E-state index in [0.29, 0.717) is 11.4 Å². The van der Waals surface area contributed by atoms with Crippen LogP contribution in [0.25, 0.3) is 10.9 Å². The number of esters is 1. The second-order valence-corrected chi connectivity index (χ2v) is 5.05. The van der Waals surface area contributed by atoms with Gasteiger partial charge in [0.05, 0.1) is 5.52 Å². The molecule has 0 radical (unpaired) electrons. The first kappa shape index (κ1) is 13.3. The highest BCUT2D eigenvalue weighted by Gasteiger charge is 2.12. The number of fused-ring (bicyclic) bond motifs is 1. The van der Waals surface area contributed by atoms with Gasteiger partial charge in [-0.2, -0.15) is 0 Å². The van der Waals surface area contributed by atoms with E-state index in [2.05, 4.69) is 4.98 Å². The Balaban J connectivity index is 1.89. The fraction of sp³-hybridized carbons (Fsp3) is 0.111. The SMILES string of the molecule is Cc1ccc(OC(=O)c2ccc3ccccc3n2)c(C)c1. The van der Waals surface area contributed by atoms with Gasteiger partial charge < -0.3 is 4.74 Å². The van der Waals surface area contributed by atoms with Crippen molar-refractivity contribution in [3.8, 4) is 5.75 Å². The third-order valence-electron chi connectivity index (χ3n) is 3.34. The second kappa shape index (κ2) is 5.37. The lowest BCUT2D eigenvalue weighted by Crippen LogP contribution is -2.11. The van der Waals surface area contributed by atoms with E-state index in [1.165, 1.54) is 0 Å². The molecule has 21 heavy (non-hydrogen) atoms. The fourth-order valence-corrected chi connectivity index (χ4v) is 2.25. The molecule has 1 aromatic heterocycles. The number of benzene rings is 2. The lowest BCUT2D eigenvalue weighted by atomic mass is 10.1. The van der Waals surface area contributed by atoms with E-state index in [-0.39, 0.29) is 0 Å². The Bertz CT molecular complexity index is 824. The minimum absolute atomic E-state index is 0.314. The van der Waals surface area contributed by atoms with E-state index < -0.39 is 5.97 Å². The Labute approximate surface area is 123 Å². The molecule has 3 nitrogen and oxygen atoms in total. The molecule has 3 aromatic rings. The van der Waals surface area contributed by atoms with Crippen LogP contribution in [0.4, 0.5) is 0 Å². The topological polar surface area (TPSA) is 39.2 Å². The predicted octanol–water partition coefficient (Wildman–Crippen LogP) is 4.07. The van der Waals surface area contributed by atoms with Gasteiger partial charge in [0, 0.05) is 5.39 Å². The van der Waals surface area contributed by atoms with E-state index >= 15 is 0 Å². The molecule has 0 unspecified atom stereocenters. The quantitative estimate of drug-likeness (QED) is 0.523. The average Bonchev–Trinajstić information content (AvgIpc) is 2.49. The van der Waals surface area contributed by atoms with E-state index in [1.807, 2.05) is 62.4 Å². The molecule has 3 heteroatoms. The van der Waals surface area contributed by atoms with Crippen molar-refractivity contribution in [1.82, 2.24) is 4.98 Å². The Hall–Kier alpha value is -2.68. The Kier molecular flexibility index (Phi) is 3.40. The summed E-state index contributed by atoms with van der Waals surface area (Å²) in [5, 5.41) is 1.00. The van der Waals surface area contributed by atoms with Crippen LogP contribution >= 0.6 is 0 Å². The van der Waals surface area contributed by atoms with Crippen LogP contribution in [-0.4, -0.2) is 11.0 Å². The standard InChI is InChI=1S/C18H15NO2/c1-12-7-10-17(13(2)11-12)21-18(20)16-9-8-14-5-3-4-6-15(14)19-16/h3-11H,1-2H3. The summed E-state index contributed by atoms with van der Waals surface area (Å²) in [7, 11) is 0. The molecule has 3 rings (SSSR count). The van der Waals surface area contributed by atoms with E-state index in [9.17, 15) is 4.79 Å². The summed E-state index contributed by atoms with van der Waals surface area (Å²) in [6, 6.07) is 17.0. The number of aryl methyl sites for hydroxylation is 2. The van der Waals surface area contributed by atoms with E-state index in [0.717, 1.165) is 22.0 Å². The number of hydrogen-bond acceptors (Lipinski definition) is 3. The Morgan fingerprint density at radius 1 is 1.00 bits per heavy atom. The summed E-state index contributed by atoms with van der Waals surface area (Å²) >= 11 is 0. The number of aromatic nitrogens is 1. The number of ether oxygens (including phenoxy) is 1. The molecule has 0 bridgehead atoms. The number of carbonyl (C=O) groups excluding carboxylic acids is 1. The first-order chi connectivity index (χ1) is 10.1. The Morgan fingerprint density at radius 3 is 2.62 bits per heavy atom. The summed E-state index contributed by atoms with van der Waals surface area (Å²) in [5.41, 5.74) is 3.17. The third kappa shape index (κ3) is 2.77. The van der Waals surface area contributed by atoms with Gasteiger partial charge in [0.1, 0.15) is 11.4 Å². The van der Waals surface area contributed by atoms with Gasteiger partial charge in [-0.1, -0.05) is 42.0 Å². The molecule has 0 saturated heterocycles. The van der Waals surface area contributed by atoms with Gasteiger partial charge in [-0.25, -0.2) is 9.78 Å². The molecular weight excluding hydrogens is 262 g/mol. The largest absolute Gasteiger partial charge is 0.422 e. The molecule has 0 saturated carbocycles. The lowest BCUT2D eigenvalue weighted by molar-refractivity contribution is 0.0728. The lowest BCUT2D eigenvalue weighted by Gasteiger charge is -2.08. The molecule has 104 valence electrons. The number of carbonyl (C=O) groups is 1. The number of rotatable bonds is 2. The summed E-state index contributed by atoms with van der Waals surface area (Å²) in [6.45, 7) is 3.92. The van der Waals surface area contributed by atoms with Gasteiger partial charge in [0.2, 0.25) is 0 Å². The maximum atomic E-state index is 12.2. The first-order valence-corrected chi connectivity index (χ1v) is 6.79. The maximum absolute atomic E-state index is 12.2. The summed E-state index contributed by atoms with van der Waals surface area (Å²) < 4.78 is 5.43. The monoisotopic (exact) mass is 277 g/mol. The summed E-state index contributed by atoms with van der Waals surface area (Å²) in [6.07, 6.45) is 0. The van der Waals surface area contributed by atoms with Gasteiger partial charge in [-0.15, -0.1) is 0 Å². The van der Waals surface area contributed by atoms with Crippen molar-refractivity contribution in [2.75, 3.05) is 0 Å². The molecular formula is C18H15NO2. The van der Waals surface area contributed by atoms with Gasteiger partial charge in [-0.3, -0.25) is 0 Å². The van der Waals surface area contributed by atoms with Crippen molar-refractivity contribution >= 4 is 16.9 Å². The normalized spacial score (nSPS) is 10.6. The van der Waals surface area contributed by atoms with Gasteiger partial charge in [-0.05, 0) is 37.6 Å². The predicted molar refractivity (Wildman–Crippen MR) is 82.6 cm³/mol. The molecule has 0 spiro atoms. The number of hydrogen-bond donors (Lipinski definition) is 0. The van der Waals surface area contributed by atoms with Gasteiger partial charge in [0.25, 0.3) is 0 Å². The highest BCUT2D eigenvalue weighted by Crippen LogP contribution is 2.20. The second-order valence-electron chi connectivity index (χ2n) is 5.05. The van der Waals surface area contributed by atoms with Crippen LogP contribution in [0, 0.1) is 13.8 Å². The van der Waals surface area contributed by atoms with Crippen LogP contribution < -0.4 is 4.74 Å². The fourth-order valence-electron chi connectivity index (χ4n) is 2.25. The minimum Gasteiger partial charge on any atom is -0.422 e. The maximum Gasteiger partial charge on any atom is 0.362 e.